The van der Waals surface area contributed by atoms with E-state index in [-0.39, 0.29) is 0 Å². The summed E-state index contributed by atoms with van der Waals surface area (Å²) in [7, 11) is 0. The van der Waals surface area contributed by atoms with Gasteiger partial charge in [-0.25, -0.2) is 0 Å². The molecule has 1 nitrogen and oxygen atoms in total. The van der Waals surface area contributed by atoms with E-state index in [1.54, 1.807) is 0 Å². The number of hydrogen-bond acceptors (Lipinski definition) is 1. The summed E-state index contributed by atoms with van der Waals surface area (Å²) in [6.45, 7) is 2.06. The zero-order valence-electron chi connectivity index (χ0n) is 13.5. The fraction of sp³-hybridized carbons (Fsp3) is 0.0435. The van der Waals surface area contributed by atoms with Gasteiger partial charge in [-0.2, -0.15) is 0 Å². The van der Waals surface area contributed by atoms with Crippen molar-refractivity contribution < 1.29 is 0 Å². The molecule has 0 amide bonds. The lowest BCUT2D eigenvalue weighted by Gasteiger charge is -1.97. The molecule has 0 heterocycles. The van der Waals surface area contributed by atoms with Gasteiger partial charge in [-0.1, -0.05) is 60.1 Å². The summed E-state index contributed by atoms with van der Waals surface area (Å²) in [6, 6.07) is 23.7. The zero-order chi connectivity index (χ0) is 16.8. The van der Waals surface area contributed by atoms with Crippen molar-refractivity contribution in [1.29, 1.82) is 0 Å². The fourth-order valence-corrected chi connectivity index (χ4v) is 2.31. The standard InChI is InChI=1S/C23H17N/c1-18-7-6-8-19(17-18)13-14-20-9-2-3-10-21(20)15-16-22-11-4-5-12-23(22)24/h2-12,17H,24H2,1H3. The second kappa shape index (κ2) is 7.23. The van der Waals surface area contributed by atoms with Gasteiger partial charge in [0.05, 0.1) is 0 Å². The topological polar surface area (TPSA) is 26.0 Å². The van der Waals surface area contributed by atoms with Crippen LogP contribution in [0.1, 0.15) is 27.8 Å². The molecule has 0 aliphatic carbocycles. The number of nitrogens with two attached hydrogens (primary N) is 1. The first-order valence-electron chi connectivity index (χ1n) is 7.76. The van der Waals surface area contributed by atoms with Crippen LogP contribution in [0.3, 0.4) is 0 Å². The lowest BCUT2D eigenvalue weighted by atomic mass is 10.1. The first kappa shape index (κ1) is 15.5. The third-order valence-corrected chi connectivity index (χ3v) is 3.58. The Morgan fingerprint density at radius 3 is 1.88 bits per heavy atom. The molecule has 114 valence electrons. The van der Waals surface area contributed by atoms with E-state index in [1.165, 1.54) is 5.56 Å². The normalized spacial score (nSPS) is 9.38. The smallest absolute Gasteiger partial charge is 0.0478 e. The third-order valence-electron chi connectivity index (χ3n) is 3.58. The van der Waals surface area contributed by atoms with Gasteiger partial charge in [-0.3, -0.25) is 0 Å². The fourth-order valence-electron chi connectivity index (χ4n) is 2.31. The average Bonchev–Trinajstić information content (AvgIpc) is 2.60. The van der Waals surface area contributed by atoms with E-state index in [2.05, 4.69) is 42.7 Å². The Kier molecular flexibility index (Phi) is 4.66. The molecule has 3 aromatic carbocycles. The molecule has 24 heavy (non-hydrogen) atoms. The largest absolute Gasteiger partial charge is 0.398 e. The number of aryl methyl sites for hydroxylation is 1. The van der Waals surface area contributed by atoms with Gasteiger partial charge >= 0.3 is 0 Å². The monoisotopic (exact) mass is 307 g/mol. The van der Waals surface area contributed by atoms with Crippen molar-refractivity contribution in [2.75, 3.05) is 5.73 Å². The molecule has 3 rings (SSSR count). The van der Waals surface area contributed by atoms with E-state index in [9.17, 15) is 0 Å². The highest BCUT2D eigenvalue weighted by Gasteiger charge is 1.96. The van der Waals surface area contributed by atoms with Crippen molar-refractivity contribution in [3.63, 3.8) is 0 Å². The second-order valence-corrected chi connectivity index (χ2v) is 5.50. The van der Waals surface area contributed by atoms with E-state index in [0.717, 1.165) is 22.3 Å². The van der Waals surface area contributed by atoms with Crippen LogP contribution in [0.25, 0.3) is 0 Å². The van der Waals surface area contributed by atoms with Gasteiger partial charge in [0.25, 0.3) is 0 Å². The molecule has 0 unspecified atom stereocenters. The maximum atomic E-state index is 5.94. The molecule has 0 fully saturated rings. The molecule has 0 saturated heterocycles. The average molecular weight is 307 g/mol. The van der Waals surface area contributed by atoms with Crippen molar-refractivity contribution in [2.45, 2.75) is 6.92 Å². The highest BCUT2D eigenvalue weighted by Crippen LogP contribution is 2.11. The van der Waals surface area contributed by atoms with Crippen LogP contribution in [-0.2, 0) is 0 Å². The first-order chi connectivity index (χ1) is 11.7. The number of rotatable bonds is 0. The maximum absolute atomic E-state index is 5.94. The summed E-state index contributed by atoms with van der Waals surface area (Å²) < 4.78 is 0. The van der Waals surface area contributed by atoms with Crippen LogP contribution in [0.5, 0.6) is 0 Å². The van der Waals surface area contributed by atoms with Gasteiger partial charge in [0.1, 0.15) is 0 Å². The lowest BCUT2D eigenvalue weighted by Crippen LogP contribution is -1.89. The summed E-state index contributed by atoms with van der Waals surface area (Å²) in [5, 5.41) is 0. The molecular weight excluding hydrogens is 290 g/mol. The molecule has 3 aromatic rings. The van der Waals surface area contributed by atoms with Crippen LogP contribution in [0.2, 0.25) is 0 Å². The number of para-hydroxylation sites is 1. The van der Waals surface area contributed by atoms with Crippen LogP contribution < -0.4 is 5.73 Å². The summed E-state index contributed by atoms with van der Waals surface area (Å²) in [4.78, 5) is 0. The van der Waals surface area contributed by atoms with Gasteiger partial charge in [-0.15, -0.1) is 0 Å². The molecule has 1 heteroatoms. The Bertz CT molecular complexity index is 991. The Hall–Kier alpha value is -3.42. The maximum Gasteiger partial charge on any atom is 0.0478 e. The molecule has 0 atom stereocenters. The molecule has 0 aromatic heterocycles. The summed E-state index contributed by atoms with van der Waals surface area (Å²) in [5.41, 5.74) is 11.5. The van der Waals surface area contributed by atoms with E-state index in [1.807, 2.05) is 60.7 Å². The van der Waals surface area contributed by atoms with Crippen LogP contribution >= 0.6 is 0 Å². The third kappa shape index (κ3) is 3.86. The highest BCUT2D eigenvalue weighted by molar-refractivity contribution is 5.59. The second-order valence-electron chi connectivity index (χ2n) is 5.50. The van der Waals surface area contributed by atoms with Crippen LogP contribution in [0.15, 0.2) is 72.8 Å². The Balaban J connectivity index is 1.94. The predicted octanol–water partition coefficient (Wildman–Crippen LogP) is 4.38. The minimum atomic E-state index is 0.688. The Morgan fingerprint density at radius 1 is 0.625 bits per heavy atom. The predicted molar refractivity (Wildman–Crippen MR) is 100 cm³/mol. The summed E-state index contributed by atoms with van der Waals surface area (Å²) in [6.07, 6.45) is 0. The molecule has 2 N–H and O–H groups in total. The van der Waals surface area contributed by atoms with Crippen molar-refractivity contribution >= 4 is 5.69 Å². The van der Waals surface area contributed by atoms with Crippen LogP contribution in [-0.4, -0.2) is 0 Å². The van der Waals surface area contributed by atoms with Crippen molar-refractivity contribution in [1.82, 2.24) is 0 Å². The van der Waals surface area contributed by atoms with E-state index in [4.69, 9.17) is 5.73 Å². The van der Waals surface area contributed by atoms with Crippen LogP contribution in [0.4, 0.5) is 5.69 Å². The van der Waals surface area contributed by atoms with Crippen molar-refractivity contribution in [2.24, 2.45) is 0 Å². The summed E-state index contributed by atoms with van der Waals surface area (Å²) >= 11 is 0. The van der Waals surface area contributed by atoms with Crippen LogP contribution in [0, 0.1) is 30.6 Å². The minimum absolute atomic E-state index is 0.688. The van der Waals surface area contributed by atoms with E-state index >= 15 is 0 Å². The first-order valence-corrected chi connectivity index (χ1v) is 7.76. The number of nitrogen functional groups attached to an aromatic ring is 1. The number of anilines is 1. The molecule has 0 bridgehead atoms. The molecule has 0 aliphatic heterocycles. The van der Waals surface area contributed by atoms with Gasteiger partial charge in [-0.05, 0) is 48.9 Å². The molecule has 0 saturated carbocycles. The zero-order valence-corrected chi connectivity index (χ0v) is 13.5. The van der Waals surface area contributed by atoms with Gasteiger partial charge < -0.3 is 5.73 Å². The lowest BCUT2D eigenvalue weighted by molar-refractivity contribution is 1.45. The molecule has 0 radical (unpaired) electrons. The van der Waals surface area contributed by atoms with Crippen molar-refractivity contribution in [3.05, 3.63) is 101 Å². The van der Waals surface area contributed by atoms with E-state index in [0.29, 0.717) is 5.69 Å². The highest BCUT2D eigenvalue weighted by atomic mass is 14.5. The Labute approximate surface area is 143 Å². The SMILES string of the molecule is Cc1cccc(C#Cc2ccccc2C#Cc2ccccc2N)c1. The van der Waals surface area contributed by atoms with Gasteiger partial charge in [0.2, 0.25) is 0 Å². The van der Waals surface area contributed by atoms with E-state index < -0.39 is 0 Å². The Morgan fingerprint density at radius 2 is 1.21 bits per heavy atom. The molecule has 0 spiro atoms. The summed E-state index contributed by atoms with van der Waals surface area (Å²) in [5.74, 6) is 12.8. The molecular formula is C23H17N. The molecule has 0 aliphatic rings. The van der Waals surface area contributed by atoms with Crippen molar-refractivity contribution in [3.8, 4) is 23.7 Å². The number of benzene rings is 3. The van der Waals surface area contributed by atoms with Gasteiger partial charge in [0.15, 0.2) is 0 Å². The number of hydrogen-bond donors (Lipinski definition) is 1. The van der Waals surface area contributed by atoms with Gasteiger partial charge in [0, 0.05) is 27.9 Å². The minimum Gasteiger partial charge on any atom is -0.398 e. The quantitative estimate of drug-likeness (QED) is 0.484.